The van der Waals surface area contributed by atoms with Crippen LogP contribution in [0.25, 0.3) is 0 Å². The Morgan fingerprint density at radius 1 is 1.27 bits per heavy atom. The van der Waals surface area contributed by atoms with Crippen molar-refractivity contribution in [3.63, 3.8) is 0 Å². The van der Waals surface area contributed by atoms with Crippen molar-refractivity contribution in [2.24, 2.45) is 0 Å². The van der Waals surface area contributed by atoms with E-state index in [4.69, 9.17) is 9.84 Å². The first-order chi connectivity index (χ1) is 7.18. The molecule has 1 rings (SSSR count). The van der Waals surface area contributed by atoms with Gasteiger partial charge in [-0.3, -0.25) is 5.32 Å². The van der Waals surface area contributed by atoms with E-state index in [1.165, 1.54) is 0 Å². The Morgan fingerprint density at radius 2 is 1.93 bits per heavy atom. The summed E-state index contributed by atoms with van der Waals surface area (Å²) in [7, 11) is 0. The topological polar surface area (TPSA) is 61.7 Å². The number of para-hydroxylation sites is 1. The van der Waals surface area contributed by atoms with Gasteiger partial charge in [0.05, 0.1) is 0 Å². The molecule has 4 heteroatoms. The third kappa shape index (κ3) is 5.37. The van der Waals surface area contributed by atoms with Gasteiger partial charge in [-0.2, -0.15) is 0 Å². The highest BCUT2D eigenvalue weighted by Crippen LogP contribution is 2.08. The maximum Gasteiger partial charge on any atom is 0.119 e. The van der Waals surface area contributed by atoms with Crippen LogP contribution in [0.2, 0.25) is 0 Å². The van der Waals surface area contributed by atoms with Gasteiger partial charge in [0.2, 0.25) is 0 Å². The molecule has 15 heavy (non-hydrogen) atoms. The van der Waals surface area contributed by atoms with E-state index >= 15 is 0 Å². The number of ether oxygens (including phenoxy) is 1. The Labute approximate surface area is 89.5 Å². The minimum absolute atomic E-state index is 0.212. The molecule has 0 aliphatic carbocycles. The molecule has 0 spiro atoms. The van der Waals surface area contributed by atoms with E-state index in [2.05, 4.69) is 5.32 Å². The average molecular weight is 211 g/mol. The molecule has 0 saturated heterocycles. The second kappa shape index (κ2) is 6.40. The van der Waals surface area contributed by atoms with Crippen LogP contribution in [0.3, 0.4) is 0 Å². The molecular formula is C11H17NO3. The second-order valence-corrected chi connectivity index (χ2v) is 3.36. The molecule has 2 atom stereocenters. The summed E-state index contributed by atoms with van der Waals surface area (Å²) in [5.41, 5.74) is 0. The lowest BCUT2D eigenvalue weighted by molar-refractivity contribution is 0.0803. The molecule has 0 radical (unpaired) electrons. The van der Waals surface area contributed by atoms with Crippen LogP contribution in [0.15, 0.2) is 30.3 Å². The molecule has 0 bridgehead atoms. The van der Waals surface area contributed by atoms with Crippen LogP contribution in [0.1, 0.15) is 6.92 Å². The quantitative estimate of drug-likeness (QED) is 0.594. The summed E-state index contributed by atoms with van der Waals surface area (Å²) >= 11 is 0. The number of hydrogen-bond donors (Lipinski definition) is 3. The molecule has 1 aromatic carbocycles. The van der Waals surface area contributed by atoms with E-state index in [0.717, 1.165) is 5.75 Å². The third-order valence-electron chi connectivity index (χ3n) is 1.83. The molecule has 0 aromatic heterocycles. The average Bonchev–Trinajstić information content (AvgIpc) is 2.25. The Hall–Kier alpha value is -1.10. The number of nitrogens with one attached hydrogen (secondary N) is 1. The number of aliphatic hydroxyl groups is 2. The molecular weight excluding hydrogens is 194 g/mol. The van der Waals surface area contributed by atoms with Crippen molar-refractivity contribution in [2.75, 3.05) is 13.2 Å². The van der Waals surface area contributed by atoms with Crippen molar-refractivity contribution >= 4 is 0 Å². The van der Waals surface area contributed by atoms with Crippen LogP contribution in [-0.4, -0.2) is 35.7 Å². The van der Waals surface area contributed by atoms with Gasteiger partial charge in [0.25, 0.3) is 0 Å². The molecule has 0 fully saturated rings. The number of benzene rings is 1. The Bertz CT molecular complexity index is 264. The van der Waals surface area contributed by atoms with E-state index in [1.807, 2.05) is 30.3 Å². The van der Waals surface area contributed by atoms with Gasteiger partial charge in [0.1, 0.15) is 24.7 Å². The predicted molar refractivity (Wildman–Crippen MR) is 57.6 cm³/mol. The van der Waals surface area contributed by atoms with Gasteiger partial charge >= 0.3 is 0 Å². The number of hydrogen-bond acceptors (Lipinski definition) is 4. The first-order valence-electron chi connectivity index (χ1n) is 4.96. The monoisotopic (exact) mass is 211 g/mol. The lowest BCUT2D eigenvalue weighted by atomic mass is 10.3. The molecule has 0 aliphatic heterocycles. The van der Waals surface area contributed by atoms with Gasteiger partial charge in [-0.15, -0.1) is 0 Å². The molecule has 0 heterocycles. The predicted octanol–water partition coefficient (Wildman–Crippen LogP) is 0.354. The molecule has 84 valence electrons. The van der Waals surface area contributed by atoms with Crippen LogP contribution in [0.5, 0.6) is 5.75 Å². The number of rotatable bonds is 6. The molecule has 0 aliphatic rings. The van der Waals surface area contributed by atoms with Crippen LogP contribution in [0.4, 0.5) is 0 Å². The summed E-state index contributed by atoms with van der Waals surface area (Å²) < 4.78 is 5.33. The third-order valence-corrected chi connectivity index (χ3v) is 1.83. The largest absolute Gasteiger partial charge is 0.491 e. The normalized spacial score (nSPS) is 14.6. The molecule has 2 unspecified atom stereocenters. The van der Waals surface area contributed by atoms with Gasteiger partial charge in [-0.25, -0.2) is 0 Å². The summed E-state index contributed by atoms with van der Waals surface area (Å²) in [5.74, 6) is 0.730. The fraction of sp³-hybridized carbons (Fsp3) is 0.455. The summed E-state index contributed by atoms with van der Waals surface area (Å²) in [5, 5.41) is 21.1. The fourth-order valence-electron chi connectivity index (χ4n) is 1.07. The smallest absolute Gasteiger partial charge is 0.119 e. The van der Waals surface area contributed by atoms with Crippen LogP contribution >= 0.6 is 0 Å². The molecule has 1 aromatic rings. The standard InChI is InChI=1S/C11H17NO3/c1-9(13)12-7-10(14)8-15-11-5-3-2-4-6-11/h2-6,9-10,12-14H,7-8H2,1H3. The summed E-state index contributed by atoms with van der Waals surface area (Å²) in [6.07, 6.45) is -1.24. The van der Waals surface area contributed by atoms with E-state index in [1.54, 1.807) is 6.92 Å². The first kappa shape index (κ1) is 12.0. The van der Waals surface area contributed by atoms with E-state index < -0.39 is 12.3 Å². The SMILES string of the molecule is CC(O)NCC(O)COc1ccccc1. The van der Waals surface area contributed by atoms with E-state index in [-0.39, 0.29) is 6.61 Å². The Balaban J connectivity index is 2.19. The van der Waals surface area contributed by atoms with Crippen molar-refractivity contribution in [3.05, 3.63) is 30.3 Å². The Kier molecular flexibility index (Phi) is 5.10. The highest BCUT2D eigenvalue weighted by Gasteiger charge is 2.05. The van der Waals surface area contributed by atoms with E-state index in [9.17, 15) is 5.11 Å². The maximum absolute atomic E-state index is 9.46. The highest BCUT2D eigenvalue weighted by molar-refractivity contribution is 5.20. The molecule has 3 N–H and O–H groups in total. The zero-order valence-corrected chi connectivity index (χ0v) is 8.76. The first-order valence-corrected chi connectivity index (χ1v) is 4.96. The van der Waals surface area contributed by atoms with Gasteiger partial charge in [0.15, 0.2) is 0 Å². The van der Waals surface area contributed by atoms with Crippen molar-refractivity contribution in [3.8, 4) is 5.75 Å². The van der Waals surface area contributed by atoms with Crippen molar-refractivity contribution < 1.29 is 14.9 Å². The Morgan fingerprint density at radius 3 is 2.53 bits per heavy atom. The van der Waals surface area contributed by atoms with Crippen LogP contribution < -0.4 is 10.1 Å². The lowest BCUT2D eigenvalue weighted by Gasteiger charge is -2.14. The maximum atomic E-state index is 9.46. The van der Waals surface area contributed by atoms with Gasteiger partial charge in [-0.1, -0.05) is 18.2 Å². The summed E-state index contributed by atoms with van der Waals surface area (Å²) in [4.78, 5) is 0. The zero-order chi connectivity index (χ0) is 11.1. The number of aliphatic hydroxyl groups excluding tert-OH is 2. The zero-order valence-electron chi connectivity index (χ0n) is 8.76. The van der Waals surface area contributed by atoms with Gasteiger partial charge in [-0.05, 0) is 19.1 Å². The van der Waals surface area contributed by atoms with Crippen molar-refractivity contribution in [1.82, 2.24) is 5.32 Å². The summed E-state index contributed by atoms with van der Waals surface area (Å²) in [6, 6.07) is 9.30. The minimum atomic E-state index is -0.625. The highest BCUT2D eigenvalue weighted by atomic mass is 16.5. The fourth-order valence-corrected chi connectivity index (χ4v) is 1.07. The van der Waals surface area contributed by atoms with Gasteiger partial charge in [0, 0.05) is 6.54 Å². The lowest BCUT2D eigenvalue weighted by Crippen LogP contribution is -2.36. The second-order valence-electron chi connectivity index (χ2n) is 3.36. The van der Waals surface area contributed by atoms with E-state index in [0.29, 0.717) is 6.54 Å². The summed E-state index contributed by atoms with van der Waals surface area (Å²) in [6.45, 7) is 2.12. The van der Waals surface area contributed by atoms with Gasteiger partial charge < -0.3 is 14.9 Å². The van der Waals surface area contributed by atoms with Crippen molar-refractivity contribution in [1.29, 1.82) is 0 Å². The minimum Gasteiger partial charge on any atom is -0.491 e. The van der Waals surface area contributed by atoms with Crippen LogP contribution in [0, 0.1) is 0 Å². The molecule has 0 saturated carbocycles. The molecule has 0 amide bonds. The molecule has 4 nitrogen and oxygen atoms in total. The van der Waals surface area contributed by atoms with Crippen molar-refractivity contribution in [2.45, 2.75) is 19.3 Å². The van der Waals surface area contributed by atoms with Crippen LogP contribution in [-0.2, 0) is 0 Å².